The number of hydrogen-bond donors (Lipinski definition) is 2. The standard InChI is InChI=1S/C21H29N3O2/c1-13(2)18(19(25)23-17-5-3-4-6-22-17)24-20(26)21-10-14-7-15(11-21)9-16(8-14)12-21/h3-6,13-16,18H,7-12H2,1-2H3,(H,24,26)(H,22,23,25)/t14?,15?,16?,18-,21?/m0/s1. The van der Waals surface area contributed by atoms with Gasteiger partial charge in [0.2, 0.25) is 11.8 Å². The molecule has 0 radical (unpaired) electrons. The number of nitrogens with one attached hydrogen (secondary N) is 2. The molecule has 0 unspecified atom stereocenters. The van der Waals surface area contributed by atoms with Crippen molar-refractivity contribution in [3.05, 3.63) is 24.4 Å². The van der Waals surface area contributed by atoms with Gasteiger partial charge in [-0.1, -0.05) is 19.9 Å². The SMILES string of the molecule is CC(C)[C@H](NC(=O)C12CC3CC(CC(C3)C1)C2)C(=O)Nc1ccccn1. The molecule has 0 aromatic carbocycles. The summed E-state index contributed by atoms with van der Waals surface area (Å²) in [6.07, 6.45) is 8.60. The molecule has 4 fully saturated rings. The zero-order valence-electron chi connectivity index (χ0n) is 15.7. The third kappa shape index (κ3) is 3.24. The zero-order chi connectivity index (χ0) is 18.3. The van der Waals surface area contributed by atoms with Gasteiger partial charge in [-0.05, 0) is 74.3 Å². The molecule has 4 saturated carbocycles. The van der Waals surface area contributed by atoms with Crippen molar-refractivity contribution in [3.63, 3.8) is 0 Å². The Kier molecular flexibility index (Phi) is 4.49. The van der Waals surface area contributed by atoms with Gasteiger partial charge in [-0.3, -0.25) is 9.59 Å². The maximum atomic E-state index is 13.3. The van der Waals surface area contributed by atoms with Gasteiger partial charge in [0, 0.05) is 11.6 Å². The fraction of sp³-hybridized carbons (Fsp3) is 0.667. The fourth-order valence-electron chi connectivity index (χ4n) is 5.86. The van der Waals surface area contributed by atoms with Crippen molar-refractivity contribution in [1.82, 2.24) is 10.3 Å². The van der Waals surface area contributed by atoms with Crippen molar-refractivity contribution < 1.29 is 9.59 Å². The van der Waals surface area contributed by atoms with E-state index >= 15 is 0 Å². The summed E-state index contributed by atoms with van der Waals surface area (Å²) in [5.41, 5.74) is -0.229. The molecule has 1 aromatic rings. The van der Waals surface area contributed by atoms with Crippen LogP contribution in [-0.2, 0) is 9.59 Å². The Morgan fingerprint density at radius 3 is 2.19 bits per heavy atom. The molecule has 1 heterocycles. The van der Waals surface area contributed by atoms with E-state index in [2.05, 4.69) is 15.6 Å². The number of aromatic nitrogens is 1. The summed E-state index contributed by atoms with van der Waals surface area (Å²) < 4.78 is 0. The van der Waals surface area contributed by atoms with Crippen LogP contribution in [0.15, 0.2) is 24.4 Å². The molecule has 4 aliphatic carbocycles. The Bertz CT molecular complexity index is 650. The zero-order valence-corrected chi connectivity index (χ0v) is 15.7. The van der Waals surface area contributed by atoms with Crippen LogP contribution in [0.3, 0.4) is 0 Å². The van der Waals surface area contributed by atoms with Gasteiger partial charge in [0.25, 0.3) is 0 Å². The Hall–Kier alpha value is -1.91. The maximum absolute atomic E-state index is 13.3. The number of amides is 2. The highest BCUT2D eigenvalue weighted by atomic mass is 16.2. The van der Waals surface area contributed by atoms with Crippen molar-refractivity contribution in [2.75, 3.05) is 5.32 Å². The summed E-state index contributed by atoms with van der Waals surface area (Å²) in [7, 11) is 0. The molecule has 2 amide bonds. The number of hydrogen-bond acceptors (Lipinski definition) is 3. The Morgan fingerprint density at radius 2 is 1.69 bits per heavy atom. The van der Waals surface area contributed by atoms with Crippen molar-refractivity contribution in [2.24, 2.45) is 29.1 Å². The molecule has 140 valence electrons. The second kappa shape index (κ2) is 6.67. The highest BCUT2D eigenvalue weighted by Crippen LogP contribution is 2.60. The quantitative estimate of drug-likeness (QED) is 0.850. The average molecular weight is 355 g/mol. The minimum absolute atomic E-state index is 0.0246. The molecule has 0 spiro atoms. The molecule has 0 saturated heterocycles. The number of carbonyl (C=O) groups is 2. The molecule has 1 atom stereocenters. The van der Waals surface area contributed by atoms with Crippen molar-refractivity contribution in [1.29, 1.82) is 0 Å². The average Bonchev–Trinajstić information content (AvgIpc) is 2.58. The van der Waals surface area contributed by atoms with Gasteiger partial charge in [-0.25, -0.2) is 4.98 Å². The molecule has 5 rings (SSSR count). The van der Waals surface area contributed by atoms with Crippen molar-refractivity contribution >= 4 is 17.6 Å². The lowest BCUT2D eigenvalue weighted by molar-refractivity contribution is -0.148. The Balaban J connectivity index is 1.46. The topological polar surface area (TPSA) is 71.1 Å². The van der Waals surface area contributed by atoms with E-state index in [1.54, 1.807) is 12.3 Å². The lowest BCUT2D eigenvalue weighted by atomic mass is 9.49. The van der Waals surface area contributed by atoms with Crippen LogP contribution in [-0.4, -0.2) is 22.8 Å². The van der Waals surface area contributed by atoms with Gasteiger partial charge >= 0.3 is 0 Å². The van der Waals surface area contributed by atoms with Crippen LogP contribution in [0, 0.1) is 29.1 Å². The lowest BCUT2D eigenvalue weighted by Crippen LogP contribution is -2.57. The van der Waals surface area contributed by atoms with Crippen molar-refractivity contribution in [3.8, 4) is 0 Å². The maximum Gasteiger partial charge on any atom is 0.248 e. The van der Waals surface area contributed by atoms with E-state index in [1.165, 1.54) is 19.3 Å². The molecule has 4 bridgehead atoms. The van der Waals surface area contributed by atoms with Crippen LogP contribution in [0.4, 0.5) is 5.82 Å². The number of rotatable bonds is 5. The van der Waals surface area contributed by atoms with Crippen LogP contribution in [0.2, 0.25) is 0 Å². The summed E-state index contributed by atoms with van der Waals surface area (Å²) in [5.74, 6) is 2.61. The molecule has 1 aromatic heterocycles. The molecule has 4 aliphatic rings. The van der Waals surface area contributed by atoms with E-state index in [0.29, 0.717) is 23.6 Å². The lowest BCUT2D eigenvalue weighted by Gasteiger charge is -2.55. The van der Waals surface area contributed by atoms with Crippen molar-refractivity contribution in [2.45, 2.75) is 58.4 Å². The minimum atomic E-state index is -0.530. The molecule has 26 heavy (non-hydrogen) atoms. The molecule has 2 N–H and O–H groups in total. The normalized spacial score (nSPS) is 33.1. The van der Waals surface area contributed by atoms with Gasteiger partial charge in [0.05, 0.1) is 0 Å². The van der Waals surface area contributed by atoms with Gasteiger partial charge < -0.3 is 10.6 Å². The predicted molar refractivity (Wildman–Crippen MR) is 100 cm³/mol. The first kappa shape index (κ1) is 17.5. The Morgan fingerprint density at radius 1 is 1.08 bits per heavy atom. The minimum Gasteiger partial charge on any atom is -0.344 e. The van der Waals surface area contributed by atoms with Crippen LogP contribution in [0.1, 0.15) is 52.4 Å². The van der Waals surface area contributed by atoms with Gasteiger partial charge in [-0.15, -0.1) is 0 Å². The predicted octanol–water partition coefficient (Wildman–Crippen LogP) is 3.38. The summed E-state index contributed by atoms with van der Waals surface area (Å²) >= 11 is 0. The molecule has 0 aliphatic heterocycles. The highest BCUT2D eigenvalue weighted by Gasteiger charge is 2.55. The van der Waals surface area contributed by atoms with E-state index in [9.17, 15) is 9.59 Å². The number of carbonyl (C=O) groups excluding carboxylic acids is 2. The van der Waals surface area contributed by atoms with Crippen LogP contribution in [0.25, 0.3) is 0 Å². The van der Waals surface area contributed by atoms with E-state index in [1.807, 2.05) is 26.0 Å². The van der Waals surface area contributed by atoms with E-state index in [-0.39, 0.29) is 23.1 Å². The van der Waals surface area contributed by atoms with E-state index < -0.39 is 6.04 Å². The third-order valence-corrected chi connectivity index (χ3v) is 6.67. The second-order valence-electron chi connectivity index (χ2n) is 9.10. The van der Waals surface area contributed by atoms with E-state index in [0.717, 1.165) is 19.3 Å². The van der Waals surface area contributed by atoms with Crippen LogP contribution in [0.5, 0.6) is 0 Å². The number of nitrogens with zero attached hydrogens (tertiary/aromatic N) is 1. The summed E-state index contributed by atoms with van der Waals surface area (Å²) in [5, 5.41) is 5.95. The second-order valence-corrected chi connectivity index (χ2v) is 9.10. The first-order valence-electron chi connectivity index (χ1n) is 9.98. The van der Waals surface area contributed by atoms with Gasteiger partial charge in [0.15, 0.2) is 0 Å². The number of anilines is 1. The van der Waals surface area contributed by atoms with Gasteiger partial charge in [0.1, 0.15) is 11.9 Å². The summed E-state index contributed by atoms with van der Waals surface area (Å²) in [6, 6.07) is 4.87. The molecular weight excluding hydrogens is 326 g/mol. The third-order valence-electron chi connectivity index (χ3n) is 6.67. The first-order valence-corrected chi connectivity index (χ1v) is 9.98. The largest absolute Gasteiger partial charge is 0.344 e. The van der Waals surface area contributed by atoms with E-state index in [4.69, 9.17) is 0 Å². The van der Waals surface area contributed by atoms with Crippen LogP contribution < -0.4 is 10.6 Å². The summed E-state index contributed by atoms with van der Waals surface area (Å²) in [6.45, 7) is 3.95. The highest BCUT2D eigenvalue weighted by molar-refractivity contribution is 5.97. The van der Waals surface area contributed by atoms with Gasteiger partial charge in [-0.2, -0.15) is 0 Å². The molecule has 5 nitrogen and oxygen atoms in total. The molecular formula is C21H29N3O2. The fourth-order valence-corrected chi connectivity index (χ4v) is 5.86. The smallest absolute Gasteiger partial charge is 0.248 e. The number of pyridine rings is 1. The Labute approximate surface area is 155 Å². The summed E-state index contributed by atoms with van der Waals surface area (Å²) in [4.78, 5) is 30.2. The van der Waals surface area contributed by atoms with Crippen LogP contribution >= 0.6 is 0 Å². The monoisotopic (exact) mass is 355 g/mol. The first-order chi connectivity index (χ1) is 12.4. The molecule has 5 heteroatoms.